The Hall–Kier alpha value is -6.12. The maximum atomic E-state index is 12.6. The summed E-state index contributed by atoms with van der Waals surface area (Å²) < 4.78 is 21.9. The third kappa shape index (κ3) is 21.2. The predicted octanol–water partition coefficient (Wildman–Crippen LogP) is 11.1. The Labute approximate surface area is 402 Å². The molecule has 14 heteroatoms. The molecule has 4 amide bonds. The number of hydrogen-bond acceptors (Lipinski definition) is 10. The smallest absolute Gasteiger partial charge is 0.319 e. The van der Waals surface area contributed by atoms with E-state index in [0.29, 0.717) is 74.5 Å². The number of benzene rings is 4. The number of methoxy groups -OCH3 is 2. The number of unbranched alkanes of at least 4 members (excludes halogenated alkanes) is 13. The van der Waals surface area contributed by atoms with Crippen LogP contribution in [0.25, 0.3) is 22.3 Å². The average molecular weight is 939 g/mol. The zero-order chi connectivity index (χ0) is 48.6. The van der Waals surface area contributed by atoms with Crippen molar-refractivity contribution >= 4 is 35.4 Å². The van der Waals surface area contributed by atoms with Crippen LogP contribution in [0, 0.1) is 0 Å². The number of ether oxygens (including phenoxy) is 4. The van der Waals surface area contributed by atoms with Crippen LogP contribution < -0.4 is 30.7 Å². The maximum absolute atomic E-state index is 12.6. The number of carbonyl (C=O) groups is 4. The molecule has 0 aliphatic heterocycles. The van der Waals surface area contributed by atoms with Crippen LogP contribution in [0.5, 0.6) is 11.5 Å². The van der Waals surface area contributed by atoms with Crippen molar-refractivity contribution in [3.63, 3.8) is 0 Å². The van der Waals surface area contributed by atoms with Crippen LogP contribution >= 0.6 is 0 Å². The lowest BCUT2D eigenvalue weighted by Gasteiger charge is -2.13. The van der Waals surface area contributed by atoms with Crippen molar-refractivity contribution in [3.05, 3.63) is 96.1 Å². The van der Waals surface area contributed by atoms with E-state index in [1.165, 1.54) is 25.7 Å². The second kappa shape index (κ2) is 32.6. The molecule has 0 heterocycles. The van der Waals surface area contributed by atoms with Crippen molar-refractivity contribution in [1.29, 1.82) is 0 Å². The van der Waals surface area contributed by atoms with Crippen molar-refractivity contribution in [2.75, 3.05) is 51.2 Å². The quantitative estimate of drug-likeness (QED) is 0.0198. The lowest BCUT2D eigenvalue weighted by atomic mass is 10.0. The molecule has 0 fully saturated rings. The molecule has 0 radical (unpaired) electrons. The zero-order valence-corrected chi connectivity index (χ0v) is 40.2. The molecule has 0 unspecified atom stereocenters. The lowest BCUT2D eigenvalue weighted by molar-refractivity contribution is -0.146. The highest BCUT2D eigenvalue weighted by molar-refractivity contribution is 5.92. The molecule has 370 valence electrons. The monoisotopic (exact) mass is 939 g/mol. The van der Waals surface area contributed by atoms with Crippen molar-refractivity contribution in [3.8, 4) is 33.8 Å². The third-order valence-electron chi connectivity index (χ3n) is 11.5. The van der Waals surface area contributed by atoms with Gasteiger partial charge in [-0.1, -0.05) is 125 Å². The fourth-order valence-electron chi connectivity index (χ4n) is 7.52. The van der Waals surface area contributed by atoms with Gasteiger partial charge in [-0.05, 0) is 96.2 Å². The Balaban J connectivity index is 0.997. The zero-order valence-electron chi connectivity index (χ0n) is 40.2. The minimum absolute atomic E-state index is 0.138. The van der Waals surface area contributed by atoms with Gasteiger partial charge in [0.25, 0.3) is 0 Å². The fraction of sp³-hybridized carbons (Fsp3) is 0.481. The van der Waals surface area contributed by atoms with Gasteiger partial charge < -0.3 is 50.4 Å². The van der Waals surface area contributed by atoms with Crippen LogP contribution in [0.3, 0.4) is 0 Å². The van der Waals surface area contributed by atoms with Crippen LogP contribution in [0.2, 0.25) is 0 Å². The standard InChI is InChI=1S/C54H74N4O10/c1-65-49-37-45(43-25-21-41(22-26-43)39-67-51(61)19-13-11-17-35-59)29-31-47(49)57-53(63)55-33-15-9-7-5-3-4-6-8-10-16-34-56-54(64)58-48-32-30-46(38-50(48)66-2)44-27-23-42(24-28-44)40-68-52(62)20-14-12-18-36-60/h21-32,37-38,59-60H,3-20,33-36,39-40H2,1-2H3,(H2,55,57,63)(H2,56,58,64). The van der Waals surface area contributed by atoms with E-state index in [-0.39, 0.29) is 50.4 Å². The van der Waals surface area contributed by atoms with E-state index >= 15 is 0 Å². The normalized spacial score (nSPS) is 10.8. The first-order chi connectivity index (χ1) is 33.2. The SMILES string of the molecule is COc1cc(-c2ccc(COC(=O)CCCCCO)cc2)ccc1NC(=O)NCCCCCCCCCCCCNC(=O)Nc1ccc(-c2ccc(COC(=O)CCCCCO)cc2)cc1OC. The summed E-state index contributed by atoms with van der Waals surface area (Å²) in [6, 6.07) is 26.3. The van der Waals surface area contributed by atoms with Gasteiger partial charge in [-0.3, -0.25) is 9.59 Å². The number of amides is 4. The molecular weight excluding hydrogens is 865 g/mol. The maximum Gasteiger partial charge on any atom is 0.319 e. The van der Waals surface area contributed by atoms with Gasteiger partial charge in [0.05, 0.1) is 25.6 Å². The molecule has 0 atom stereocenters. The Kier molecular flexibility index (Phi) is 26.1. The van der Waals surface area contributed by atoms with E-state index in [1.807, 2.05) is 84.9 Å². The molecule has 0 aliphatic carbocycles. The molecule has 4 aromatic carbocycles. The van der Waals surface area contributed by atoms with Crippen LogP contribution in [-0.2, 0) is 32.3 Å². The number of hydrogen-bond donors (Lipinski definition) is 6. The molecule has 6 N–H and O–H groups in total. The molecule has 0 saturated heterocycles. The summed E-state index contributed by atoms with van der Waals surface area (Å²) in [5.74, 6) is 0.635. The largest absolute Gasteiger partial charge is 0.495 e. The van der Waals surface area contributed by atoms with E-state index in [1.54, 1.807) is 14.2 Å². The fourth-order valence-corrected chi connectivity index (χ4v) is 7.52. The number of esters is 2. The van der Waals surface area contributed by atoms with Crippen LogP contribution in [0.15, 0.2) is 84.9 Å². The van der Waals surface area contributed by atoms with Gasteiger partial charge in [0.15, 0.2) is 0 Å². The van der Waals surface area contributed by atoms with Gasteiger partial charge in [-0.2, -0.15) is 0 Å². The Morgan fingerprint density at radius 2 is 0.765 bits per heavy atom. The summed E-state index contributed by atoms with van der Waals surface area (Å²) in [5, 5.41) is 29.4. The summed E-state index contributed by atoms with van der Waals surface area (Å²) in [6.07, 6.45) is 16.0. The summed E-state index contributed by atoms with van der Waals surface area (Å²) in [5.41, 5.74) is 6.75. The minimum atomic E-state index is -0.272. The number of anilines is 2. The highest BCUT2D eigenvalue weighted by Crippen LogP contribution is 2.32. The predicted molar refractivity (Wildman–Crippen MR) is 268 cm³/mol. The highest BCUT2D eigenvalue weighted by Gasteiger charge is 2.12. The Morgan fingerprint density at radius 3 is 1.12 bits per heavy atom. The average Bonchev–Trinajstić information content (AvgIpc) is 3.36. The molecule has 0 bridgehead atoms. The molecule has 4 rings (SSSR count). The minimum Gasteiger partial charge on any atom is -0.495 e. The summed E-state index contributed by atoms with van der Waals surface area (Å²) in [6.45, 7) is 1.89. The van der Waals surface area contributed by atoms with Gasteiger partial charge >= 0.3 is 24.0 Å². The molecule has 0 aliphatic rings. The first kappa shape index (κ1) is 54.5. The van der Waals surface area contributed by atoms with Crippen molar-refractivity contribution in [2.24, 2.45) is 0 Å². The van der Waals surface area contributed by atoms with Crippen molar-refractivity contribution in [1.82, 2.24) is 10.6 Å². The molecular formula is C54H74N4O10. The van der Waals surface area contributed by atoms with Gasteiger partial charge in [0.1, 0.15) is 24.7 Å². The Morgan fingerprint density at radius 1 is 0.426 bits per heavy atom. The third-order valence-corrected chi connectivity index (χ3v) is 11.5. The lowest BCUT2D eigenvalue weighted by Crippen LogP contribution is -2.29. The van der Waals surface area contributed by atoms with Crippen LogP contribution in [0.4, 0.5) is 21.0 Å². The van der Waals surface area contributed by atoms with E-state index in [0.717, 1.165) is 84.7 Å². The summed E-state index contributed by atoms with van der Waals surface area (Å²) >= 11 is 0. The highest BCUT2D eigenvalue weighted by atomic mass is 16.5. The topological polar surface area (TPSA) is 194 Å². The number of nitrogens with one attached hydrogen (secondary N) is 4. The summed E-state index contributed by atoms with van der Waals surface area (Å²) in [4.78, 5) is 49.2. The van der Waals surface area contributed by atoms with Crippen molar-refractivity contribution < 1.29 is 48.3 Å². The number of urea groups is 2. The molecule has 0 saturated carbocycles. The molecule has 0 spiro atoms. The number of aliphatic hydroxyl groups is 2. The van der Waals surface area contributed by atoms with Gasteiger partial charge in [0.2, 0.25) is 0 Å². The first-order valence-electron chi connectivity index (χ1n) is 24.4. The second-order valence-corrected chi connectivity index (χ2v) is 16.9. The molecule has 0 aromatic heterocycles. The van der Waals surface area contributed by atoms with Crippen LogP contribution in [-0.4, -0.2) is 74.7 Å². The first-order valence-corrected chi connectivity index (χ1v) is 24.4. The van der Waals surface area contributed by atoms with E-state index in [4.69, 9.17) is 29.2 Å². The van der Waals surface area contributed by atoms with E-state index < -0.39 is 0 Å². The molecule has 4 aromatic rings. The Bertz CT molecular complexity index is 1950. The summed E-state index contributed by atoms with van der Waals surface area (Å²) in [7, 11) is 3.15. The number of carbonyl (C=O) groups excluding carboxylic acids is 4. The molecule has 14 nitrogen and oxygen atoms in total. The van der Waals surface area contributed by atoms with Crippen LogP contribution in [0.1, 0.15) is 127 Å². The van der Waals surface area contributed by atoms with E-state index in [9.17, 15) is 19.2 Å². The second-order valence-electron chi connectivity index (χ2n) is 16.9. The van der Waals surface area contributed by atoms with Gasteiger partial charge in [-0.15, -0.1) is 0 Å². The van der Waals surface area contributed by atoms with E-state index in [2.05, 4.69) is 21.3 Å². The van der Waals surface area contributed by atoms with Gasteiger partial charge in [0, 0.05) is 39.1 Å². The van der Waals surface area contributed by atoms with Crippen molar-refractivity contribution in [2.45, 2.75) is 129 Å². The number of aliphatic hydroxyl groups excluding tert-OH is 2. The molecule has 68 heavy (non-hydrogen) atoms. The number of rotatable bonds is 33. The van der Waals surface area contributed by atoms with Gasteiger partial charge in [-0.25, -0.2) is 9.59 Å².